The van der Waals surface area contributed by atoms with Gasteiger partial charge in [0.25, 0.3) is 5.91 Å². The van der Waals surface area contributed by atoms with Crippen molar-refractivity contribution in [1.29, 1.82) is 5.26 Å². The molecule has 0 radical (unpaired) electrons. The summed E-state index contributed by atoms with van der Waals surface area (Å²) >= 11 is 0. The number of nitrogens with zero attached hydrogens (tertiary/aromatic N) is 4. The van der Waals surface area contributed by atoms with Crippen molar-refractivity contribution in [2.45, 2.75) is 39.0 Å². The van der Waals surface area contributed by atoms with Crippen molar-refractivity contribution in [3.63, 3.8) is 0 Å². The summed E-state index contributed by atoms with van der Waals surface area (Å²) in [7, 11) is 0. The zero-order valence-electron chi connectivity index (χ0n) is 19.0. The Kier molecular flexibility index (Phi) is 7.09. The Morgan fingerprint density at radius 2 is 1.66 bits per heavy atom. The standard InChI is InChI=1S/C26H32N4O2/c1-20-17-28(18-21(2)32-20)19-23-4-8-24(9-5-23)26(31)30-13-3-12-29(14-15-30)25-10-6-22(16-27)7-11-25/h4-11,20-21H,3,12-15,17-19H2,1-2H3. The molecule has 0 bridgehead atoms. The second-order valence-electron chi connectivity index (χ2n) is 8.94. The Labute approximate surface area is 191 Å². The largest absolute Gasteiger partial charge is 0.373 e. The molecule has 0 spiro atoms. The van der Waals surface area contributed by atoms with Gasteiger partial charge in [0.2, 0.25) is 0 Å². The average Bonchev–Trinajstić information content (AvgIpc) is 3.05. The molecule has 0 N–H and O–H groups in total. The fraction of sp³-hybridized carbons (Fsp3) is 0.462. The summed E-state index contributed by atoms with van der Waals surface area (Å²) in [6.45, 7) is 10.2. The maximum absolute atomic E-state index is 13.1. The van der Waals surface area contributed by atoms with Crippen LogP contribution in [0.2, 0.25) is 0 Å². The maximum atomic E-state index is 13.1. The zero-order valence-corrected chi connectivity index (χ0v) is 19.0. The molecule has 1 amide bonds. The minimum atomic E-state index is 0.104. The second-order valence-corrected chi connectivity index (χ2v) is 8.94. The third-order valence-electron chi connectivity index (χ3n) is 6.25. The number of hydrogen-bond donors (Lipinski definition) is 0. The van der Waals surface area contributed by atoms with Crippen LogP contribution in [0.25, 0.3) is 0 Å². The lowest BCUT2D eigenvalue weighted by Crippen LogP contribution is -2.44. The molecule has 4 rings (SSSR count). The summed E-state index contributed by atoms with van der Waals surface area (Å²) in [5.74, 6) is 0.104. The lowest BCUT2D eigenvalue weighted by Gasteiger charge is -2.35. The van der Waals surface area contributed by atoms with E-state index in [9.17, 15) is 4.79 Å². The molecule has 0 saturated carbocycles. The molecule has 168 valence electrons. The Morgan fingerprint density at radius 3 is 2.31 bits per heavy atom. The molecular weight excluding hydrogens is 400 g/mol. The molecule has 2 aliphatic rings. The molecule has 2 unspecified atom stereocenters. The predicted molar refractivity (Wildman–Crippen MR) is 126 cm³/mol. The van der Waals surface area contributed by atoms with Gasteiger partial charge in [-0.25, -0.2) is 0 Å². The van der Waals surface area contributed by atoms with E-state index >= 15 is 0 Å². The number of amides is 1. The Morgan fingerprint density at radius 1 is 0.969 bits per heavy atom. The number of benzene rings is 2. The van der Waals surface area contributed by atoms with Gasteiger partial charge in [-0.1, -0.05) is 12.1 Å². The van der Waals surface area contributed by atoms with Crippen molar-refractivity contribution in [1.82, 2.24) is 9.80 Å². The van der Waals surface area contributed by atoms with Crippen LogP contribution in [0.3, 0.4) is 0 Å². The molecule has 0 aromatic heterocycles. The van der Waals surface area contributed by atoms with Gasteiger partial charge in [-0.2, -0.15) is 5.26 Å². The minimum Gasteiger partial charge on any atom is -0.373 e. The van der Waals surface area contributed by atoms with Crippen molar-refractivity contribution in [3.8, 4) is 6.07 Å². The SMILES string of the molecule is CC1CN(Cc2ccc(C(=O)N3CCCN(c4ccc(C#N)cc4)CC3)cc2)CC(C)O1. The summed E-state index contributed by atoms with van der Waals surface area (Å²) < 4.78 is 5.82. The van der Waals surface area contributed by atoms with E-state index in [-0.39, 0.29) is 18.1 Å². The number of carbonyl (C=O) groups excluding carboxylic acids is 1. The van der Waals surface area contributed by atoms with Crippen LogP contribution >= 0.6 is 0 Å². The van der Waals surface area contributed by atoms with Crippen LogP contribution in [0.5, 0.6) is 0 Å². The van der Waals surface area contributed by atoms with Gasteiger partial charge in [0.1, 0.15) is 0 Å². The van der Waals surface area contributed by atoms with E-state index in [4.69, 9.17) is 10.00 Å². The Bertz CT molecular complexity index is 941. The van der Waals surface area contributed by atoms with Gasteiger partial charge in [0.15, 0.2) is 0 Å². The van der Waals surface area contributed by atoms with Crippen LogP contribution in [0.1, 0.15) is 41.8 Å². The van der Waals surface area contributed by atoms with E-state index in [0.29, 0.717) is 12.1 Å². The summed E-state index contributed by atoms with van der Waals surface area (Å²) in [5.41, 5.74) is 3.76. The molecule has 6 nitrogen and oxygen atoms in total. The third kappa shape index (κ3) is 5.48. The number of ether oxygens (including phenoxy) is 1. The van der Waals surface area contributed by atoms with Gasteiger partial charge in [-0.05, 0) is 62.2 Å². The topological polar surface area (TPSA) is 59.8 Å². The fourth-order valence-electron chi connectivity index (χ4n) is 4.73. The van der Waals surface area contributed by atoms with Crippen molar-refractivity contribution in [2.24, 2.45) is 0 Å². The second kappa shape index (κ2) is 10.2. The van der Waals surface area contributed by atoms with Gasteiger partial charge in [0, 0.05) is 57.1 Å². The van der Waals surface area contributed by atoms with Crippen molar-refractivity contribution in [3.05, 3.63) is 65.2 Å². The van der Waals surface area contributed by atoms with Crippen molar-refractivity contribution < 1.29 is 9.53 Å². The highest BCUT2D eigenvalue weighted by Crippen LogP contribution is 2.19. The molecule has 0 aliphatic carbocycles. The number of nitriles is 1. The molecule has 2 heterocycles. The Hall–Kier alpha value is -2.88. The normalized spacial score (nSPS) is 22.3. The summed E-state index contributed by atoms with van der Waals surface area (Å²) in [4.78, 5) is 19.8. The maximum Gasteiger partial charge on any atom is 0.253 e. The molecule has 2 fully saturated rings. The molecular formula is C26H32N4O2. The van der Waals surface area contributed by atoms with Crippen molar-refractivity contribution >= 4 is 11.6 Å². The summed E-state index contributed by atoms with van der Waals surface area (Å²) in [6.07, 6.45) is 1.44. The molecule has 2 saturated heterocycles. The monoisotopic (exact) mass is 432 g/mol. The highest BCUT2D eigenvalue weighted by atomic mass is 16.5. The van der Waals surface area contributed by atoms with Gasteiger partial charge < -0.3 is 14.5 Å². The van der Waals surface area contributed by atoms with Crippen LogP contribution in [0.15, 0.2) is 48.5 Å². The van der Waals surface area contributed by atoms with E-state index in [1.807, 2.05) is 41.3 Å². The van der Waals surface area contributed by atoms with Crippen LogP contribution in [0.4, 0.5) is 5.69 Å². The number of hydrogen-bond acceptors (Lipinski definition) is 5. The van der Waals surface area contributed by atoms with E-state index in [1.165, 1.54) is 5.56 Å². The number of morpholine rings is 1. The molecule has 6 heteroatoms. The zero-order chi connectivity index (χ0) is 22.5. The molecule has 2 atom stereocenters. The first-order chi connectivity index (χ1) is 15.5. The van der Waals surface area contributed by atoms with Crippen LogP contribution in [-0.4, -0.2) is 67.2 Å². The predicted octanol–water partition coefficient (Wildman–Crippen LogP) is 3.52. The Balaban J connectivity index is 1.34. The number of carbonyl (C=O) groups is 1. The first-order valence-corrected chi connectivity index (χ1v) is 11.5. The summed E-state index contributed by atoms with van der Waals surface area (Å²) in [6, 6.07) is 17.9. The lowest BCUT2D eigenvalue weighted by atomic mass is 10.1. The third-order valence-corrected chi connectivity index (χ3v) is 6.25. The van der Waals surface area contributed by atoms with Crippen LogP contribution in [-0.2, 0) is 11.3 Å². The lowest BCUT2D eigenvalue weighted by molar-refractivity contribution is -0.0704. The first kappa shape index (κ1) is 22.3. The molecule has 2 aromatic rings. The molecule has 32 heavy (non-hydrogen) atoms. The van der Waals surface area contributed by atoms with E-state index in [0.717, 1.165) is 56.9 Å². The summed E-state index contributed by atoms with van der Waals surface area (Å²) in [5, 5.41) is 8.99. The fourth-order valence-corrected chi connectivity index (χ4v) is 4.73. The van der Waals surface area contributed by atoms with E-state index < -0.39 is 0 Å². The van der Waals surface area contributed by atoms with Gasteiger partial charge in [0.05, 0.1) is 23.8 Å². The highest BCUT2D eigenvalue weighted by molar-refractivity contribution is 5.94. The van der Waals surface area contributed by atoms with E-state index in [1.54, 1.807) is 0 Å². The van der Waals surface area contributed by atoms with Gasteiger partial charge in [-0.15, -0.1) is 0 Å². The number of rotatable bonds is 4. The van der Waals surface area contributed by atoms with E-state index in [2.05, 4.69) is 41.8 Å². The smallest absolute Gasteiger partial charge is 0.253 e. The quantitative estimate of drug-likeness (QED) is 0.740. The number of anilines is 1. The van der Waals surface area contributed by atoms with Crippen LogP contribution < -0.4 is 4.90 Å². The average molecular weight is 433 g/mol. The van der Waals surface area contributed by atoms with Gasteiger partial charge in [-0.3, -0.25) is 9.69 Å². The van der Waals surface area contributed by atoms with Gasteiger partial charge >= 0.3 is 0 Å². The molecule has 2 aromatic carbocycles. The first-order valence-electron chi connectivity index (χ1n) is 11.5. The highest BCUT2D eigenvalue weighted by Gasteiger charge is 2.23. The molecule has 2 aliphatic heterocycles. The van der Waals surface area contributed by atoms with Crippen LogP contribution in [0, 0.1) is 11.3 Å². The minimum absolute atomic E-state index is 0.104. The van der Waals surface area contributed by atoms with Crippen molar-refractivity contribution in [2.75, 3.05) is 44.2 Å².